The molecule has 2 aromatic carbocycles. The molecule has 1 saturated heterocycles. The molecular weight excluding hydrogens is 394 g/mol. The SMILES string of the molecule is CCCN1C(=O)[C@@H](CC(=O)Nc2c(C)cccc2C)SC1=Nc1ccc(C)cc1C. The Hall–Kier alpha value is -2.60. The molecule has 1 heterocycles. The number of nitrogens with one attached hydrogen (secondary N) is 1. The van der Waals surface area contributed by atoms with Gasteiger partial charge in [-0.15, -0.1) is 0 Å². The zero-order valence-electron chi connectivity index (χ0n) is 18.3. The van der Waals surface area contributed by atoms with Crippen molar-refractivity contribution in [3.05, 3.63) is 58.7 Å². The first-order chi connectivity index (χ1) is 14.3. The zero-order chi connectivity index (χ0) is 21.8. The van der Waals surface area contributed by atoms with E-state index in [0.29, 0.717) is 11.7 Å². The summed E-state index contributed by atoms with van der Waals surface area (Å²) in [5.41, 5.74) is 5.96. The molecule has 1 aliphatic rings. The maximum Gasteiger partial charge on any atom is 0.242 e. The maximum atomic E-state index is 13.0. The lowest BCUT2D eigenvalue weighted by molar-refractivity contribution is -0.128. The van der Waals surface area contributed by atoms with E-state index >= 15 is 0 Å². The van der Waals surface area contributed by atoms with Gasteiger partial charge in [0.05, 0.1) is 5.69 Å². The number of carbonyl (C=O) groups excluding carboxylic acids is 2. The van der Waals surface area contributed by atoms with Crippen LogP contribution in [0.15, 0.2) is 41.4 Å². The van der Waals surface area contributed by atoms with Crippen LogP contribution in [0.2, 0.25) is 0 Å². The van der Waals surface area contributed by atoms with Crippen molar-refractivity contribution in [1.82, 2.24) is 4.90 Å². The van der Waals surface area contributed by atoms with E-state index in [0.717, 1.165) is 34.5 Å². The van der Waals surface area contributed by atoms with Gasteiger partial charge >= 0.3 is 0 Å². The van der Waals surface area contributed by atoms with E-state index < -0.39 is 5.25 Å². The molecule has 1 N–H and O–H groups in total. The molecule has 0 spiro atoms. The summed E-state index contributed by atoms with van der Waals surface area (Å²) >= 11 is 1.39. The number of hydrogen-bond acceptors (Lipinski definition) is 4. The van der Waals surface area contributed by atoms with E-state index in [-0.39, 0.29) is 18.2 Å². The summed E-state index contributed by atoms with van der Waals surface area (Å²) in [6, 6.07) is 12.0. The quantitative estimate of drug-likeness (QED) is 0.687. The van der Waals surface area contributed by atoms with Gasteiger partial charge < -0.3 is 5.32 Å². The molecule has 6 heteroatoms. The van der Waals surface area contributed by atoms with Crippen molar-refractivity contribution in [2.45, 2.75) is 52.7 Å². The van der Waals surface area contributed by atoms with Crippen molar-refractivity contribution in [2.24, 2.45) is 4.99 Å². The third-order valence-electron chi connectivity index (χ3n) is 5.15. The Labute approximate surface area is 183 Å². The summed E-state index contributed by atoms with van der Waals surface area (Å²) in [5.74, 6) is -0.190. The highest BCUT2D eigenvalue weighted by atomic mass is 32.2. The largest absolute Gasteiger partial charge is 0.326 e. The fourth-order valence-electron chi connectivity index (χ4n) is 3.56. The Bertz CT molecular complexity index is 980. The number of anilines is 1. The number of benzene rings is 2. The fourth-order valence-corrected chi connectivity index (χ4v) is 4.74. The van der Waals surface area contributed by atoms with E-state index in [1.54, 1.807) is 4.90 Å². The normalized spacial score (nSPS) is 17.6. The highest BCUT2D eigenvalue weighted by molar-refractivity contribution is 8.15. The van der Waals surface area contributed by atoms with Crippen molar-refractivity contribution in [3.63, 3.8) is 0 Å². The number of para-hydroxylation sites is 1. The Kier molecular flexibility index (Phi) is 6.98. The minimum Gasteiger partial charge on any atom is -0.326 e. The Morgan fingerprint density at radius 3 is 2.43 bits per heavy atom. The minimum absolute atomic E-state index is 0.0398. The summed E-state index contributed by atoms with van der Waals surface area (Å²) in [6.45, 7) is 10.6. The summed E-state index contributed by atoms with van der Waals surface area (Å²) in [5, 5.41) is 3.22. The molecule has 2 aromatic rings. The van der Waals surface area contributed by atoms with Gasteiger partial charge in [0.2, 0.25) is 11.8 Å². The van der Waals surface area contributed by atoms with Crippen LogP contribution in [0, 0.1) is 27.7 Å². The smallest absolute Gasteiger partial charge is 0.242 e. The van der Waals surface area contributed by atoms with Crippen LogP contribution >= 0.6 is 11.8 Å². The van der Waals surface area contributed by atoms with E-state index in [2.05, 4.69) is 11.4 Å². The monoisotopic (exact) mass is 423 g/mol. The topological polar surface area (TPSA) is 61.8 Å². The van der Waals surface area contributed by atoms with Gasteiger partial charge in [-0.05, 0) is 56.9 Å². The summed E-state index contributed by atoms with van der Waals surface area (Å²) in [4.78, 5) is 32.2. The molecule has 0 aliphatic carbocycles. The van der Waals surface area contributed by atoms with E-state index in [1.165, 1.54) is 17.3 Å². The molecule has 1 aliphatic heterocycles. The highest BCUT2D eigenvalue weighted by Crippen LogP contribution is 2.33. The Morgan fingerprint density at radius 1 is 1.10 bits per heavy atom. The molecule has 1 atom stereocenters. The molecule has 5 nitrogen and oxygen atoms in total. The Morgan fingerprint density at radius 2 is 1.80 bits per heavy atom. The molecule has 0 unspecified atom stereocenters. The minimum atomic E-state index is -0.453. The second-order valence-electron chi connectivity index (χ2n) is 7.80. The first kappa shape index (κ1) is 22.1. The molecule has 3 rings (SSSR count). The third kappa shape index (κ3) is 4.93. The number of aliphatic imine (C=N–C) groups is 1. The van der Waals surface area contributed by atoms with Crippen LogP contribution < -0.4 is 5.32 Å². The number of nitrogens with zero attached hydrogens (tertiary/aromatic N) is 2. The van der Waals surface area contributed by atoms with E-state index in [1.807, 2.05) is 65.0 Å². The van der Waals surface area contributed by atoms with Gasteiger partial charge in [-0.1, -0.05) is 54.6 Å². The van der Waals surface area contributed by atoms with Crippen LogP contribution in [0.25, 0.3) is 0 Å². The molecule has 2 amide bonds. The molecular formula is C24H29N3O2S. The summed E-state index contributed by atoms with van der Waals surface area (Å²) in [7, 11) is 0. The lowest BCUT2D eigenvalue weighted by Crippen LogP contribution is -2.34. The van der Waals surface area contributed by atoms with Crippen molar-refractivity contribution < 1.29 is 9.59 Å². The average Bonchev–Trinajstić information content (AvgIpc) is 2.96. The molecule has 1 fully saturated rings. The fraction of sp³-hybridized carbons (Fsp3) is 0.375. The first-order valence-corrected chi connectivity index (χ1v) is 11.2. The van der Waals surface area contributed by atoms with Gasteiger partial charge in [0.25, 0.3) is 0 Å². The number of hydrogen-bond donors (Lipinski definition) is 1. The number of thioether (sulfide) groups is 1. The van der Waals surface area contributed by atoms with Gasteiger partial charge in [0.1, 0.15) is 5.25 Å². The van der Waals surface area contributed by atoms with Gasteiger partial charge in [-0.3, -0.25) is 14.5 Å². The standard InChI is InChI=1S/C24H29N3O2S/c1-6-12-27-23(29)20(14-21(28)26-22-16(3)8-7-9-17(22)4)30-24(27)25-19-11-10-15(2)13-18(19)5/h7-11,13,20H,6,12,14H2,1-5H3,(H,26,28)/t20-/m1/s1. The second kappa shape index (κ2) is 9.47. The van der Waals surface area contributed by atoms with Crippen molar-refractivity contribution in [1.29, 1.82) is 0 Å². The van der Waals surface area contributed by atoms with Crippen LogP contribution in [-0.4, -0.2) is 33.7 Å². The molecule has 158 valence electrons. The van der Waals surface area contributed by atoms with Crippen molar-refractivity contribution in [2.75, 3.05) is 11.9 Å². The number of aryl methyl sites for hydroxylation is 4. The molecule has 30 heavy (non-hydrogen) atoms. The van der Waals surface area contributed by atoms with Crippen LogP contribution in [0.4, 0.5) is 11.4 Å². The number of carbonyl (C=O) groups is 2. The van der Waals surface area contributed by atoms with E-state index in [9.17, 15) is 9.59 Å². The predicted octanol–water partition coefficient (Wildman–Crippen LogP) is 5.29. The molecule has 0 bridgehead atoms. The second-order valence-corrected chi connectivity index (χ2v) is 8.97. The van der Waals surface area contributed by atoms with Crippen LogP contribution in [0.3, 0.4) is 0 Å². The molecule has 0 aromatic heterocycles. The molecule has 0 radical (unpaired) electrons. The van der Waals surface area contributed by atoms with Crippen molar-refractivity contribution in [3.8, 4) is 0 Å². The Balaban J connectivity index is 1.78. The average molecular weight is 424 g/mol. The van der Waals surface area contributed by atoms with Gasteiger partial charge in [0, 0.05) is 18.7 Å². The lowest BCUT2D eigenvalue weighted by atomic mass is 10.1. The summed E-state index contributed by atoms with van der Waals surface area (Å²) < 4.78 is 0. The van der Waals surface area contributed by atoms with Crippen LogP contribution in [0.1, 0.15) is 42.0 Å². The van der Waals surface area contributed by atoms with Crippen LogP contribution in [-0.2, 0) is 9.59 Å². The number of amidine groups is 1. The van der Waals surface area contributed by atoms with Gasteiger partial charge in [0.15, 0.2) is 5.17 Å². The molecule has 0 saturated carbocycles. The summed E-state index contributed by atoms with van der Waals surface area (Å²) in [6.07, 6.45) is 0.961. The van der Waals surface area contributed by atoms with Gasteiger partial charge in [-0.2, -0.15) is 0 Å². The zero-order valence-corrected chi connectivity index (χ0v) is 19.1. The van der Waals surface area contributed by atoms with Crippen LogP contribution in [0.5, 0.6) is 0 Å². The maximum absolute atomic E-state index is 13.0. The third-order valence-corrected chi connectivity index (χ3v) is 6.33. The number of rotatable bonds is 6. The van der Waals surface area contributed by atoms with Crippen molar-refractivity contribution >= 4 is 40.1 Å². The van der Waals surface area contributed by atoms with Gasteiger partial charge in [-0.25, -0.2) is 4.99 Å². The first-order valence-electron chi connectivity index (χ1n) is 10.3. The predicted molar refractivity (Wildman–Crippen MR) is 126 cm³/mol. The van der Waals surface area contributed by atoms with E-state index in [4.69, 9.17) is 4.99 Å². The lowest BCUT2D eigenvalue weighted by Gasteiger charge is -2.16. The number of amides is 2. The highest BCUT2D eigenvalue weighted by Gasteiger charge is 2.38.